The van der Waals surface area contributed by atoms with Gasteiger partial charge in [-0.25, -0.2) is 4.98 Å². The molecule has 1 amide bonds. The lowest BCUT2D eigenvalue weighted by Crippen LogP contribution is -2.34. The number of aromatic nitrogens is 1. The molecule has 3 aromatic carbocycles. The summed E-state index contributed by atoms with van der Waals surface area (Å²) in [5.74, 6) is 0.801. The minimum absolute atomic E-state index is 0.191. The first-order valence-electron chi connectivity index (χ1n) is 9.51. The van der Waals surface area contributed by atoms with Crippen molar-refractivity contribution in [2.45, 2.75) is 6.42 Å². The number of carbonyl (C=O) groups excluding carboxylic acids is 1. The third-order valence-corrected chi connectivity index (χ3v) is 5.28. The lowest BCUT2D eigenvalue weighted by atomic mass is 10.1. The van der Waals surface area contributed by atoms with Crippen molar-refractivity contribution in [2.24, 2.45) is 0 Å². The first-order chi connectivity index (χ1) is 15.4. The summed E-state index contributed by atoms with van der Waals surface area (Å²) in [5.41, 5.74) is 3.30. The zero-order chi connectivity index (χ0) is 22.7. The second kappa shape index (κ2) is 9.56. The Morgan fingerprint density at radius 1 is 1.12 bits per heavy atom. The third-order valence-electron chi connectivity index (χ3n) is 4.58. The quantitative estimate of drug-likeness (QED) is 0.344. The number of thiocarbonyl (C=S) groups is 1. The first-order valence-corrected chi connectivity index (χ1v) is 10.7. The summed E-state index contributed by atoms with van der Waals surface area (Å²) in [7, 11) is 1.54. The number of hydrogen-bond acceptors (Lipinski definition) is 5. The number of hydrogen-bond donors (Lipinski definition) is 2. The van der Waals surface area contributed by atoms with E-state index in [0.29, 0.717) is 44.8 Å². The summed E-state index contributed by atoms with van der Waals surface area (Å²) in [6.07, 6.45) is 0.486. The zero-order valence-electron chi connectivity index (χ0n) is 16.8. The van der Waals surface area contributed by atoms with Crippen molar-refractivity contribution in [1.82, 2.24) is 10.3 Å². The summed E-state index contributed by atoms with van der Waals surface area (Å²) < 4.78 is 10.9. The van der Waals surface area contributed by atoms with E-state index in [-0.39, 0.29) is 11.0 Å². The topological polar surface area (TPSA) is 76.4 Å². The SMILES string of the molecule is COc1cccc(C(=O)NC(=S)Nc2ccc(Cc3nc4cc(Cl)cc(Cl)c4o3)cc2)c1. The maximum Gasteiger partial charge on any atom is 0.257 e. The van der Waals surface area contributed by atoms with Gasteiger partial charge in [0.2, 0.25) is 0 Å². The van der Waals surface area contributed by atoms with E-state index in [1.165, 1.54) is 0 Å². The van der Waals surface area contributed by atoms with E-state index in [0.717, 1.165) is 11.3 Å². The van der Waals surface area contributed by atoms with Crippen molar-refractivity contribution < 1.29 is 13.9 Å². The molecule has 0 saturated heterocycles. The lowest BCUT2D eigenvalue weighted by Gasteiger charge is -2.10. The van der Waals surface area contributed by atoms with Crippen LogP contribution in [0.5, 0.6) is 5.75 Å². The standard InChI is InChI=1S/C23H17Cl2N3O3S/c1-30-17-4-2-3-14(10-17)22(29)28-23(32)26-16-7-5-13(6-8-16)9-20-27-19-12-15(24)11-18(25)21(19)31-20/h2-8,10-12H,9H2,1H3,(H2,26,28,29,32). The number of halogens is 2. The molecular weight excluding hydrogens is 469 g/mol. The maximum atomic E-state index is 12.4. The van der Waals surface area contributed by atoms with Crippen LogP contribution in [0.3, 0.4) is 0 Å². The Morgan fingerprint density at radius 3 is 2.66 bits per heavy atom. The fourth-order valence-electron chi connectivity index (χ4n) is 3.06. The summed E-state index contributed by atoms with van der Waals surface area (Å²) in [4.78, 5) is 16.8. The number of oxazole rings is 1. The summed E-state index contributed by atoms with van der Waals surface area (Å²) >= 11 is 17.4. The smallest absolute Gasteiger partial charge is 0.257 e. The minimum Gasteiger partial charge on any atom is -0.497 e. The van der Waals surface area contributed by atoms with Crippen LogP contribution in [-0.4, -0.2) is 23.1 Å². The predicted molar refractivity (Wildman–Crippen MR) is 130 cm³/mol. The molecule has 0 spiro atoms. The lowest BCUT2D eigenvalue weighted by molar-refractivity contribution is 0.0977. The van der Waals surface area contributed by atoms with Crippen molar-refractivity contribution in [1.29, 1.82) is 0 Å². The number of carbonyl (C=O) groups is 1. The number of benzene rings is 3. The molecule has 0 unspecified atom stereocenters. The monoisotopic (exact) mass is 485 g/mol. The average Bonchev–Trinajstić information content (AvgIpc) is 3.17. The van der Waals surface area contributed by atoms with Gasteiger partial charge in [0.25, 0.3) is 5.91 Å². The molecule has 162 valence electrons. The van der Waals surface area contributed by atoms with Gasteiger partial charge in [0.1, 0.15) is 11.3 Å². The van der Waals surface area contributed by atoms with Gasteiger partial charge >= 0.3 is 0 Å². The molecule has 0 fully saturated rings. The molecule has 6 nitrogen and oxygen atoms in total. The van der Waals surface area contributed by atoms with Gasteiger partial charge in [-0.1, -0.05) is 41.4 Å². The van der Waals surface area contributed by atoms with E-state index >= 15 is 0 Å². The fraction of sp³-hybridized carbons (Fsp3) is 0.0870. The van der Waals surface area contributed by atoms with E-state index in [1.807, 2.05) is 24.3 Å². The third kappa shape index (κ3) is 5.19. The largest absolute Gasteiger partial charge is 0.497 e. The molecule has 0 radical (unpaired) electrons. The molecule has 1 heterocycles. The Labute approximate surface area is 199 Å². The second-order valence-corrected chi connectivity index (χ2v) is 8.11. The first kappa shape index (κ1) is 22.1. The molecule has 0 saturated carbocycles. The van der Waals surface area contributed by atoms with Crippen LogP contribution in [0.1, 0.15) is 21.8 Å². The van der Waals surface area contributed by atoms with Crippen molar-refractivity contribution in [3.05, 3.63) is 87.7 Å². The van der Waals surface area contributed by atoms with E-state index < -0.39 is 0 Å². The molecular formula is C23H17Cl2N3O3S. The fourth-order valence-corrected chi connectivity index (χ4v) is 3.80. The van der Waals surface area contributed by atoms with Gasteiger partial charge in [0.15, 0.2) is 16.6 Å². The van der Waals surface area contributed by atoms with E-state index in [1.54, 1.807) is 43.5 Å². The predicted octanol–water partition coefficient (Wildman–Crippen LogP) is 5.86. The van der Waals surface area contributed by atoms with E-state index in [2.05, 4.69) is 15.6 Å². The molecule has 0 aliphatic heterocycles. The average molecular weight is 486 g/mol. The van der Waals surface area contributed by atoms with Crippen LogP contribution in [0.25, 0.3) is 11.1 Å². The molecule has 32 heavy (non-hydrogen) atoms. The molecule has 4 aromatic rings. The summed E-state index contributed by atoms with van der Waals surface area (Å²) in [6.45, 7) is 0. The summed E-state index contributed by atoms with van der Waals surface area (Å²) in [5, 5.41) is 6.77. The molecule has 0 bridgehead atoms. The Morgan fingerprint density at radius 2 is 1.91 bits per heavy atom. The molecule has 4 rings (SSSR count). The number of fused-ring (bicyclic) bond motifs is 1. The molecule has 0 atom stereocenters. The van der Waals surface area contributed by atoms with Gasteiger partial charge in [-0.3, -0.25) is 10.1 Å². The maximum absolute atomic E-state index is 12.4. The van der Waals surface area contributed by atoms with Crippen molar-refractivity contribution >= 4 is 63.2 Å². The highest BCUT2D eigenvalue weighted by Crippen LogP contribution is 2.29. The minimum atomic E-state index is -0.326. The number of methoxy groups -OCH3 is 1. The van der Waals surface area contributed by atoms with Crippen LogP contribution in [0, 0.1) is 0 Å². The Balaban J connectivity index is 1.37. The number of amides is 1. The highest BCUT2D eigenvalue weighted by Gasteiger charge is 2.12. The second-order valence-electron chi connectivity index (χ2n) is 6.86. The molecule has 9 heteroatoms. The van der Waals surface area contributed by atoms with E-state index in [4.69, 9.17) is 44.6 Å². The van der Waals surface area contributed by atoms with Crippen LogP contribution in [-0.2, 0) is 6.42 Å². The number of nitrogens with one attached hydrogen (secondary N) is 2. The number of ether oxygens (including phenoxy) is 1. The van der Waals surface area contributed by atoms with Crippen molar-refractivity contribution in [2.75, 3.05) is 12.4 Å². The van der Waals surface area contributed by atoms with Gasteiger partial charge in [-0.05, 0) is 60.2 Å². The van der Waals surface area contributed by atoms with Gasteiger partial charge in [-0.2, -0.15) is 0 Å². The zero-order valence-corrected chi connectivity index (χ0v) is 19.1. The number of rotatable bonds is 5. The number of nitrogens with zero attached hydrogens (tertiary/aromatic N) is 1. The number of anilines is 1. The highest BCUT2D eigenvalue weighted by molar-refractivity contribution is 7.80. The van der Waals surface area contributed by atoms with Crippen LogP contribution in [0.15, 0.2) is 65.1 Å². The molecule has 0 aliphatic carbocycles. The Bertz CT molecular complexity index is 1310. The van der Waals surface area contributed by atoms with Crippen molar-refractivity contribution in [3.8, 4) is 5.75 Å². The van der Waals surface area contributed by atoms with Crippen LogP contribution < -0.4 is 15.4 Å². The van der Waals surface area contributed by atoms with Crippen LogP contribution in [0.4, 0.5) is 5.69 Å². The highest BCUT2D eigenvalue weighted by atomic mass is 35.5. The molecule has 1 aromatic heterocycles. The van der Waals surface area contributed by atoms with Crippen LogP contribution >= 0.6 is 35.4 Å². The van der Waals surface area contributed by atoms with Gasteiger partial charge < -0.3 is 14.5 Å². The Hall–Kier alpha value is -3.13. The molecule has 0 aliphatic rings. The van der Waals surface area contributed by atoms with Crippen LogP contribution in [0.2, 0.25) is 10.0 Å². The van der Waals surface area contributed by atoms with Gasteiger partial charge in [0, 0.05) is 22.7 Å². The van der Waals surface area contributed by atoms with E-state index in [9.17, 15) is 4.79 Å². The van der Waals surface area contributed by atoms with Crippen molar-refractivity contribution in [3.63, 3.8) is 0 Å². The van der Waals surface area contributed by atoms with Gasteiger partial charge in [0.05, 0.1) is 12.1 Å². The molecule has 2 N–H and O–H groups in total. The normalized spacial score (nSPS) is 10.7. The summed E-state index contributed by atoms with van der Waals surface area (Å²) in [6, 6.07) is 17.7. The Kier molecular flexibility index (Phi) is 6.60. The van der Waals surface area contributed by atoms with Gasteiger partial charge in [-0.15, -0.1) is 0 Å².